The minimum absolute atomic E-state index is 0.0382. The van der Waals surface area contributed by atoms with Gasteiger partial charge in [-0.1, -0.05) is 60.3 Å². The van der Waals surface area contributed by atoms with Gasteiger partial charge >= 0.3 is 6.15 Å². The second-order valence-corrected chi connectivity index (χ2v) is 13.9. The zero-order chi connectivity index (χ0) is 34.7. The topological polar surface area (TPSA) is 118 Å². The van der Waals surface area contributed by atoms with E-state index in [0.29, 0.717) is 12.3 Å². The van der Waals surface area contributed by atoms with Crippen molar-refractivity contribution in [1.29, 1.82) is 0 Å². The Morgan fingerprint density at radius 3 is 2.19 bits per heavy atom. The van der Waals surface area contributed by atoms with Gasteiger partial charge in [0, 0.05) is 87.0 Å². The number of carbonyl (C=O) groups is 1. The van der Waals surface area contributed by atoms with Crippen molar-refractivity contribution < 1.29 is 19.1 Å². The molecule has 6 rings (SSSR count). The molecule has 0 saturated heterocycles. The molecule has 1 aliphatic carbocycles. The fourth-order valence-corrected chi connectivity index (χ4v) is 8.22. The second kappa shape index (κ2) is 15.1. The number of ketones is 1. The molecule has 256 valence electrons. The highest BCUT2D eigenvalue weighted by atomic mass is 16.5. The van der Waals surface area contributed by atoms with Gasteiger partial charge in [-0.25, -0.2) is 0 Å². The summed E-state index contributed by atoms with van der Waals surface area (Å²) in [6, 6.07) is 6.74. The summed E-state index contributed by atoms with van der Waals surface area (Å²) in [4.78, 5) is 47.9. The fourth-order valence-electron chi connectivity index (χ4n) is 8.22. The molecule has 48 heavy (non-hydrogen) atoms. The van der Waals surface area contributed by atoms with E-state index in [1.165, 1.54) is 30.4 Å². The van der Waals surface area contributed by atoms with Crippen molar-refractivity contribution in [2.24, 2.45) is 0 Å². The lowest BCUT2D eigenvalue weighted by atomic mass is 9.86. The predicted molar refractivity (Wildman–Crippen MR) is 190 cm³/mol. The number of fused-ring (bicyclic) bond motifs is 8. The van der Waals surface area contributed by atoms with Gasteiger partial charge in [0.05, 0.1) is 17.3 Å². The first-order valence-electron chi connectivity index (χ1n) is 18.0. The summed E-state index contributed by atoms with van der Waals surface area (Å²) in [6.45, 7) is 18.6. The number of rotatable bonds is 10. The van der Waals surface area contributed by atoms with Crippen LogP contribution >= 0.6 is 0 Å². The van der Waals surface area contributed by atoms with Gasteiger partial charge in [0.2, 0.25) is 0 Å². The lowest BCUT2D eigenvalue weighted by Gasteiger charge is -2.16. The molecule has 5 atom stereocenters. The molecule has 8 bridgehead atoms. The normalized spacial score (nSPS) is 20.4. The van der Waals surface area contributed by atoms with Crippen molar-refractivity contribution in [3.63, 3.8) is 0 Å². The summed E-state index contributed by atoms with van der Waals surface area (Å²) < 4.78 is 6.48. The van der Waals surface area contributed by atoms with E-state index >= 15 is 0 Å². The minimum Gasteiger partial charge on any atom is -0.374 e. The summed E-state index contributed by atoms with van der Waals surface area (Å²) in [5.74, 6) is 1.34. The SMILES string of the molecule is CCCCCCOC(C)c1c(C)c2cc3nc(c4c5[nH]c(cc6nc(cc1[nH]2)[C@H](C)[C@H]6CC)c(C)c5C(=O)C4)[C@@H](CCC)[C@@H]3C.O=C=O. The Morgan fingerprint density at radius 2 is 1.50 bits per heavy atom. The molecule has 2 N–H and O–H groups in total. The standard InChI is InChI=1S/C39H52N4O2.CO2/c1-9-12-13-14-16-45-25(8)36-23(6)31-18-30-22(5)27(15-10-2)38(42-30)28-17-35(44)37-24(7)32(43-39(28)37)19-33-26(11-3)21(4)29(40-33)20-34(36)41-31;2-1-3/h18-22,25-27,41,43H,9-17H2,1-8H3;/t21-,22+,25?,26-,27+;/m1./s1. The molecule has 0 saturated carbocycles. The van der Waals surface area contributed by atoms with E-state index in [2.05, 4.69) is 83.6 Å². The number of aromatic nitrogens is 4. The Hall–Kier alpha value is -3.87. The largest absolute Gasteiger partial charge is 0.374 e. The molecule has 3 aliphatic rings. The van der Waals surface area contributed by atoms with Crippen molar-refractivity contribution in [2.75, 3.05) is 6.61 Å². The lowest BCUT2D eigenvalue weighted by Crippen LogP contribution is -2.05. The minimum atomic E-state index is -0.0382. The zero-order valence-corrected chi connectivity index (χ0v) is 30.0. The lowest BCUT2D eigenvalue weighted by molar-refractivity contribution is -0.191. The van der Waals surface area contributed by atoms with Crippen LogP contribution in [0.2, 0.25) is 0 Å². The van der Waals surface area contributed by atoms with Gasteiger partial charge in [-0.15, -0.1) is 0 Å². The average Bonchev–Trinajstić information content (AvgIpc) is 3.80. The van der Waals surface area contributed by atoms with Gasteiger partial charge in [-0.3, -0.25) is 14.8 Å². The van der Waals surface area contributed by atoms with Crippen molar-refractivity contribution in [1.82, 2.24) is 19.9 Å². The average molecular weight is 653 g/mol. The number of hydrogen-bond acceptors (Lipinski definition) is 6. The Kier molecular flexibility index (Phi) is 11.2. The number of Topliss-reactive ketones (excluding diaryl/α,β-unsaturated/α-hetero) is 1. The van der Waals surface area contributed by atoms with E-state index in [1.807, 2.05) is 0 Å². The number of unbranched alkanes of at least 4 members (excludes halogenated alkanes) is 3. The van der Waals surface area contributed by atoms with E-state index in [4.69, 9.17) is 24.3 Å². The van der Waals surface area contributed by atoms with E-state index in [0.717, 1.165) is 93.8 Å². The van der Waals surface area contributed by atoms with Crippen LogP contribution in [-0.4, -0.2) is 38.5 Å². The summed E-state index contributed by atoms with van der Waals surface area (Å²) in [6.07, 6.45) is 8.53. The van der Waals surface area contributed by atoms with Gasteiger partial charge in [0.1, 0.15) is 0 Å². The van der Waals surface area contributed by atoms with Crippen LogP contribution in [0, 0.1) is 13.8 Å². The Bertz CT molecular complexity index is 1860. The molecule has 3 aromatic heterocycles. The third-order valence-electron chi connectivity index (χ3n) is 11.0. The molecule has 3 aromatic rings. The highest BCUT2D eigenvalue weighted by Crippen LogP contribution is 2.45. The van der Waals surface area contributed by atoms with E-state index in [1.54, 1.807) is 0 Å². The van der Waals surface area contributed by atoms with Gasteiger partial charge in [-0.2, -0.15) is 9.59 Å². The Balaban J connectivity index is 0.00000145. The molecular formula is C40H52N4O4. The van der Waals surface area contributed by atoms with Crippen LogP contribution in [0.5, 0.6) is 0 Å². The van der Waals surface area contributed by atoms with Crippen LogP contribution in [0.25, 0.3) is 22.1 Å². The van der Waals surface area contributed by atoms with Crippen molar-refractivity contribution >= 4 is 34.0 Å². The molecule has 0 amide bonds. The van der Waals surface area contributed by atoms with Crippen LogP contribution in [0.15, 0.2) is 18.2 Å². The van der Waals surface area contributed by atoms with Crippen LogP contribution < -0.4 is 0 Å². The van der Waals surface area contributed by atoms with Crippen LogP contribution in [0.3, 0.4) is 0 Å². The number of ether oxygens (including phenoxy) is 1. The molecule has 1 unspecified atom stereocenters. The Morgan fingerprint density at radius 1 is 0.854 bits per heavy atom. The molecule has 0 fully saturated rings. The monoisotopic (exact) mass is 652 g/mol. The van der Waals surface area contributed by atoms with Gasteiger partial charge in [0.15, 0.2) is 5.78 Å². The van der Waals surface area contributed by atoms with E-state index in [-0.39, 0.29) is 35.8 Å². The van der Waals surface area contributed by atoms with Crippen LogP contribution in [0.1, 0.15) is 172 Å². The summed E-state index contributed by atoms with van der Waals surface area (Å²) in [7, 11) is 0. The van der Waals surface area contributed by atoms with Crippen molar-refractivity contribution in [2.45, 2.75) is 137 Å². The van der Waals surface area contributed by atoms with E-state index in [9.17, 15) is 4.79 Å². The van der Waals surface area contributed by atoms with Gasteiger partial charge < -0.3 is 14.7 Å². The first-order valence-corrected chi connectivity index (χ1v) is 18.0. The summed E-state index contributed by atoms with van der Waals surface area (Å²) in [5, 5.41) is 0. The first kappa shape index (κ1) is 35.4. The number of carbonyl (C=O) groups excluding carboxylic acids is 3. The quantitative estimate of drug-likeness (QED) is 0.211. The number of hydrogen-bond donors (Lipinski definition) is 2. The highest BCUT2D eigenvalue weighted by Gasteiger charge is 2.35. The molecule has 8 heteroatoms. The Labute approximate surface area is 284 Å². The maximum Gasteiger partial charge on any atom is 0.373 e. The maximum atomic E-state index is 13.5. The van der Waals surface area contributed by atoms with Crippen LogP contribution in [-0.2, 0) is 20.7 Å². The molecular weight excluding hydrogens is 600 g/mol. The fraction of sp³-hybridized carbons (Fsp3) is 0.550. The summed E-state index contributed by atoms with van der Waals surface area (Å²) >= 11 is 0. The molecule has 0 aromatic carbocycles. The number of nitrogens with zero attached hydrogens (tertiary/aromatic N) is 2. The number of nitrogens with one attached hydrogen (secondary N) is 2. The first-order chi connectivity index (χ1) is 23.1. The molecule has 8 nitrogen and oxygen atoms in total. The molecule has 2 aliphatic heterocycles. The third-order valence-corrected chi connectivity index (χ3v) is 11.0. The number of aryl methyl sites for hydroxylation is 2. The van der Waals surface area contributed by atoms with Crippen LogP contribution in [0.4, 0.5) is 0 Å². The second-order valence-electron chi connectivity index (χ2n) is 13.9. The van der Waals surface area contributed by atoms with E-state index < -0.39 is 0 Å². The molecule has 5 heterocycles. The smallest absolute Gasteiger partial charge is 0.373 e. The summed E-state index contributed by atoms with van der Waals surface area (Å²) in [5.41, 5.74) is 13.9. The molecule has 0 spiro atoms. The predicted octanol–water partition coefficient (Wildman–Crippen LogP) is 9.73. The zero-order valence-electron chi connectivity index (χ0n) is 30.0. The highest BCUT2D eigenvalue weighted by molar-refractivity contribution is 6.13. The van der Waals surface area contributed by atoms with Crippen molar-refractivity contribution in [3.05, 3.63) is 68.8 Å². The van der Waals surface area contributed by atoms with Gasteiger partial charge in [-0.05, 0) is 69.4 Å². The van der Waals surface area contributed by atoms with Crippen molar-refractivity contribution in [3.8, 4) is 0 Å². The maximum absolute atomic E-state index is 13.5. The third kappa shape index (κ3) is 6.57. The molecule has 0 radical (unpaired) electrons. The van der Waals surface area contributed by atoms with Gasteiger partial charge in [0.25, 0.3) is 0 Å². The number of H-pyrrole nitrogens is 2. The number of aromatic amines is 2.